The number of benzene rings is 1. The molecule has 0 saturated carbocycles. The van der Waals surface area contributed by atoms with Gasteiger partial charge in [0.25, 0.3) is 0 Å². The van der Waals surface area contributed by atoms with Crippen LogP contribution in [0.2, 0.25) is 0 Å². The number of methoxy groups -OCH3 is 1. The Morgan fingerprint density at radius 1 is 1.00 bits per heavy atom. The molecule has 0 bridgehead atoms. The minimum atomic E-state index is -3.13. The van der Waals surface area contributed by atoms with Crippen LogP contribution in [0.5, 0.6) is 11.5 Å². The second kappa shape index (κ2) is 10.7. The quantitative estimate of drug-likeness (QED) is 0.402. The number of halogens is 2. The molecule has 0 radical (unpaired) electrons. The first-order valence-electron chi connectivity index (χ1n) is 7.83. The summed E-state index contributed by atoms with van der Waals surface area (Å²) in [5.74, 6) is -2.66. The van der Waals surface area contributed by atoms with E-state index >= 15 is 0 Å². The highest BCUT2D eigenvalue weighted by molar-refractivity contribution is 7.53. The van der Waals surface area contributed by atoms with Gasteiger partial charge in [0.1, 0.15) is 0 Å². The molecule has 0 heterocycles. The van der Waals surface area contributed by atoms with Crippen LogP contribution in [-0.2, 0) is 18.3 Å². The molecule has 1 aromatic rings. The van der Waals surface area contributed by atoms with Crippen molar-refractivity contribution in [3.8, 4) is 11.5 Å². The van der Waals surface area contributed by atoms with Gasteiger partial charge in [-0.2, -0.15) is 8.78 Å². The van der Waals surface area contributed by atoms with E-state index in [2.05, 4.69) is 0 Å². The maximum atomic E-state index is 14.0. The molecule has 0 N–H and O–H groups in total. The van der Waals surface area contributed by atoms with Crippen molar-refractivity contribution in [3.63, 3.8) is 0 Å². The van der Waals surface area contributed by atoms with E-state index < -0.39 is 19.2 Å². The van der Waals surface area contributed by atoms with Crippen LogP contribution in [0, 0.1) is 11.6 Å². The molecule has 0 amide bonds. The van der Waals surface area contributed by atoms with E-state index in [4.69, 9.17) is 23.3 Å². The summed E-state index contributed by atoms with van der Waals surface area (Å²) in [7, 11) is 0.999. The molecule has 9 heteroatoms. The predicted molar refractivity (Wildman–Crippen MR) is 89.5 cm³/mol. The molecule has 1 atom stereocenters. The fraction of sp³-hybridized carbons (Fsp3) is 0.625. The second-order valence-electron chi connectivity index (χ2n) is 5.27. The first-order valence-corrected chi connectivity index (χ1v) is 9.56. The third-order valence-corrected chi connectivity index (χ3v) is 5.56. The Kier molecular flexibility index (Phi) is 9.35. The third-order valence-electron chi connectivity index (χ3n) is 3.59. The van der Waals surface area contributed by atoms with E-state index in [1.54, 1.807) is 7.11 Å². The van der Waals surface area contributed by atoms with E-state index in [1.807, 2.05) is 6.92 Å². The van der Waals surface area contributed by atoms with Gasteiger partial charge in [0.15, 0.2) is 11.5 Å². The lowest BCUT2D eigenvalue weighted by molar-refractivity contribution is 0.0946. The van der Waals surface area contributed by atoms with Crippen molar-refractivity contribution < 1.29 is 36.6 Å². The molecule has 0 fully saturated rings. The van der Waals surface area contributed by atoms with Gasteiger partial charge >= 0.3 is 7.60 Å². The lowest BCUT2D eigenvalue weighted by Gasteiger charge is -2.14. The van der Waals surface area contributed by atoms with Gasteiger partial charge in [-0.25, -0.2) is 0 Å². The van der Waals surface area contributed by atoms with Crippen LogP contribution in [0.1, 0.15) is 19.8 Å². The number of hydrogen-bond acceptors (Lipinski definition) is 6. The molecule has 0 aliphatic heterocycles. The molecule has 0 saturated heterocycles. The molecule has 0 aliphatic rings. The summed E-state index contributed by atoms with van der Waals surface area (Å²) >= 11 is 0. The van der Waals surface area contributed by atoms with E-state index in [0.29, 0.717) is 12.8 Å². The molecule has 1 rings (SSSR count). The Bertz CT molecular complexity index is 576. The van der Waals surface area contributed by atoms with Crippen LogP contribution in [-0.4, -0.2) is 46.8 Å². The van der Waals surface area contributed by atoms with Gasteiger partial charge in [0.2, 0.25) is 11.6 Å². The van der Waals surface area contributed by atoms with E-state index in [-0.39, 0.29) is 37.0 Å². The van der Waals surface area contributed by atoms with E-state index in [0.717, 1.165) is 0 Å². The number of ether oxygens (including phenoxy) is 3. The summed E-state index contributed by atoms with van der Waals surface area (Å²) in [4.78, 5) is 0. The van der Waals surface area contributed by atoms with Crippen molar-refractivity contribution >= 4 is 7.60 Å². The summed E-state index contributed by atoms with van der Waals surface area (Å²) in [6.45, 7) is 2.09. The molecule has 1 unspecified atom stereocenters. The summed E-state index contributed by atoms with van der Waals surface area (Å²) in [6, 6.07) is 2.60. The Labute approximate surface area is 146 Å². The van der Waals surface area contributed by atoms with Gasteiger partial charge in [-0.3, -0.25) is 4.57 Å². The van der Waals surface area contributed by atoms with Gasteiger partial charge in [-0.15, -0.1) is 0 Å². The van der Waals surface area contributed by atoms with Gasteiger partial charge in [-0.1, -0.05) is 0 Å². The summed E-state index contributed by atoms with van der Waals surface area (Å²) in [5, 5.41) is 0. The Balaban J connectivity index is 2.54. The maximum absolute atomic E-state index is 14.0. The Morgan fingerprint density at radius 2 is 1.52 bits per heavy atom. The summed E-state index contributed by atoms with van der Waals surface area (Å²) in [5.41, 5.74) is 0. The standard InChI is InChI=1S/C16H25F2O6P/c1-12(20-2)8-10-24-14-7-6-13(15(17)16(14)18)23-9-5-11-25(19,21-3)22-4/h6-7,12H,5,8-11H2,1-4H3. The van der Waals surface area contributed by atoms with Crippen LogP contribution in [0.3, 0.4) is 0 Å². The first-order chi connectivity index (χ1) is 11.9. The number of rotatable bonds is 12. The predicted octanol–water partition coefficient (Wildman–Crippen LogP) is 4.02. The monoisotopic (exact) mass is 382 g/mol. The third kappa shape index (κ3) is 6.90. The fourth-order valence-corrected chi connectivity index (χ4v) is 2.92. The first kappa shape index (κ1) is 21.8. The highest BCUT2D eigenvalue weighted by atomic mass is 31.2. The highest BCUT2D eigenvalue weighted by Crippen LogP contribution is 2.46. The Morgan fingerprint density at radius 3 is 2.00 bits per heavy atom. The lowest BCUT2D eigenvalue weighted by atomic mass is 10.3. The van der Waals surface area contributed by atoms with Crippen LogP contribution in [0.25, 0.3) is 0 Å². The minimum Gasteiger partial charge on any atom is -0.490 e. The lowest BCUT2D eigenvalue weighted by Crippen LogP contribution is -2.11. The van der Waals surface area contributed by atoms with E-state index in [1.165, 1.54) is 26.4 Å². The largest absolute Gasteiger partial charge is 0.490 e. The van der Waals surface area contributed by atoms with Crippen LogP contribution in [0.4, 0.5) is 8.78 Å². The molecule has 6 nitrogen and oxygen atoms in total. The molecule has 1 aromatic carbocycles. The average molecular weight is 382 g/mol. The Hall–Kier alpha value is -1.21. The zero-order valence-corrected chi connectivity index (χ0v) is 15.8. The summed E-state index contributed by atoms with van der Waals surface area (Å²) in [6.07, 6.45) is 0.927. The van der Waals surface area contributed by atoms with Crippen molar-refractivity contribution in [2.24, 2.45) is 0 Å². The molecule has 0 aliphatic carbocycles. The fourth-order valence-electron chi connectivity index (χ4n) is 1.89. The van der Waals surface area contributed by atoms with Crippen molar-refractivity contribution in [3.05, 3.63) is 23.8 Å². The van der Waals surface area contributed by atoms with Gasteiger partial charge < -0.3 is 23.3 Å². The minimum absolute atomic E-state index is 0.0364. The zero-order valence-electron chi connectivity index (χ0n) is 14.9. The SMILES string of the molecule is COC(C)CCOc1ccc(OCCCP(=O)(OC)OC)c(F)c1F. The molecule has 144 valence electrons. The van der Waals surface area contributed by atoms with E-state index in [9.17, 15) is 13.3 Å². The highest BCUT2D eigenvalue weighted by Gasteiger charge is 2.21. The van der Waals surface area contributed by atoms with Crippen LogP contribution < -0.4 is 9.47 Å². The van der Waals surface area contributed by atoms with Crippen molar-refractivity contribution in [2.45, 2.75) is 25.9 Å². The van der Waals surface area contributed by atoms with Gasteiger partial charge in [0, 0.05) is 27.8 Å². The second-order valence-corrected chi connectivity index (χ2v) is 7.67. The molecular formula is C16H25F2O6P. The van der Waals surface area contributed by atoms with Crippen molar-refractivity contribution in [2.75, 3.05) is 40.7 Å². The van der Waals surface area contributed by atoms with Crippen LogP contribution in [0.15, 0.2) is 12.1 Å². The summed E-state index contributed by atoms with van der Waals surface area (Å²) < 4.78 is 64.8. The van der Waals surface area contributed by atoms with Gasteiger partial charge in [0.05, 0.1) is 25.5 Å². The van der Waals surface area contributed by atoms with Crippen LogP contribution >= 0.6 is 7.60 Å². The maximum Gasteiger partial charge on any atom is 0.330 e. The smallest absolute Gasteiger partial charge is 0.330 e. The normalized spacial score (nSPS) is 12.9. The molecule has 0 aromatic heterocycles. The number of hydrogen-bond donors (Lipinski definition) is 0. The molecule has 0 spiro atoms. The zero-order chi connectivity index (χ0) is 18.9. The average Bonchev–Trinajstić information content (AvgIpc) is 2.63. The molecule has 25 heavy (non-hydrogen) atoms. The van der Waals surface area contributed by atoms with Gasteiger partial charge in [-0.05, 0) is 25.5 Å². The topological polar surface area (TPSA) is 63.2 Å². The molecular weight excluding hydrogens is 357 g/mol. The van der Waals surface area contributed by atoms with Crippen molar-refractivity contribution in [1.29, 1.82) is 0 Å². The van der Waals surface area contributed by atoms with Crippen molar-refractivity contribution in [1.82, 2.24) is 0 Å².